The van der Waals surface area contributed by atoms with Gasteiger partial charge in [-0.25, -0.2) is 0 Å². The van der Waals surface area contributed by atoms with E-state index in [-0.39, 0.29) is 11.3 Å². The Labute approximate surface area is 202 Å². The zero-order valence-corrected chi connectivity index (χ0v) is 19.5. The van der Waals surface area contributed by atoms with E-state index in [4.69, 9.17) is 9.47 Å². The third-order valence-corrected chi connectivity index (χ3v) is 5.19. The SMILES string of the molecule is COCCOc1ccc(C(=O)Nc2cccc(C(=O)Nc3cccc(C(F)(F)F)c3)c2)cc1Br. The van der Waals surface area contributed by atoms with Crippen LogP contribution in [-0.4, -0.2) is 32.1 Å². The first-order chi connectivity index (χ1) is 16.2. The summed E-state index contributed by atoms with van der Waals surface area (Å²) in [6.07, 6.45) is -4.52. The fraction of sp³-hybridized carbons (Fsp3) is 0.167. The molecule has 0 atom stereocenters. The van der Waals surface area contributed by atoms with Crippen LogP contribution in [0.4, 0.5) is 24.5 Å². The standard InChI is InChI=1S/C24H20BrF3N2O4/c1-33-10-11-34-21-9-8-16(13-20(21)25)23(32)29-18-6-2-4-15(12-18)22(31)30-19-7-3-5-17(14-19)24(26,27)28/h2-9,12-14H,10-11H2,1H3,(H,29,32)(H,30,31). The van der Waals surface area contributed by atoms with Crippen LogP contribution in [0.5, 0.6) is 5.75 Å². The lowest BCUT2D eigenvalue weighted by Gasteiger charge is -2.11. The summed E-state index contributed by atoms with van der Waals surface area (Å²) in [6.45, 7) is 0.780. The van der Waals surface area contributed by atoms with E-state index in [1.54, 1.807) is 37.4 Å². The highest BCUT2D eigenvalue weighted by Crippen LogP contribution is 2.31. The van der Waals surface area contributed by atoms with Gasteiger partial charge in [0.25, 0.3) is 11.8 Å². The third-order valence-electron chi connectivity index (χ3n) is 4.57. The fourth-order valence-corrected chi connectivity index (χ4v) is 3.41. The first-order valence-corrected chi connectivity index (χ1v) is 10.8. The molecule has 6 nitrogen and oxygen atoms in total. The second kappa shape index (κ2) is 11.2. The number of hydrogen-bond acceptors (Lipinski definition) is 4. The topological polar surface area (TPSA) is 76.7 Å². The summed E-state index contributed by atoms with van der Waals surface area (Å²) >= 11 is 3.36. The largest absolute Gasteiger partial charge is 0.490 e. The Morgan fingerprint density at radius 1 is 0.853 bits per heavy atom. The van der Waals surface area contributed by atoms with E-state index in [1.807, 2.05) is 0 Å². The third kappa shape index (κ3) is 6.82. The number of amides is 2. The molecule has 0 fully saturated rings. The van der Waals surface area contributed by atoms with Gasteiger partial charge in [0.15, 0.2) is 0 Å². The molecule has 2 N–H and O–H groups in total. The van der Waals surface area contributed by atoms with Crippen molar-refractivity contribution in [1.29, 1.82) is 0 Å². The van der Waals surface area contributed by atoms with Crippen molar-refractivity contribution in [1.82, 2.24) is 0 Å². The quantitative estimate of drug-likeness (QED) is 0.346. The van der Waals surface area contributed by atoms with Crippen molar-refractivity contribution < 1.29 is 32.2 Å². The van der Waals surface area contributed by atoms with E-state index >= 15 is 0 Å². The van der Waals surface area contributed by atoms with Gasteiger partial charge >= 0.3 is 6.18 Å². The summed E-state index contributed by atoms with van der Waals surface area (Å²) in [5, 5.41) is 5.13. The van der Waals surface area contributed by atoms with Crippen LogP contribution in [-0.2, 0) is 10.9 Å². The zero-order chi connectivity index (χ0) is 24.7. The predicted molar refractivity (Wildman–Crippen MR) is 125 cm³/mol. The summed E-state index contributed by atoms with van der Waals surface area (Å²) < 4.78 is 49.7. The van der Waals surface area contributed by atoms with Crippen LogP contribution in [0, 0.1) is 0 Å². The molecule has 0 aliphatic rings. The average Bonchev–Trinajstić information content (AvgIpc) is 2.80. The highest BCUT2D eigenvalue weighted by atomic mass is 79.9. The monoisotopic (exact) mass is 536 g/mol. The lowest BCUT2D eigenvalue weighted by Crippen LogP contribution is -2.15. The molecule has 3 rings (SSSR count). The molecule has 3 aromatic carbocycles. The van der Waals surface area contributed by atoms with Crippen LogP contribution >= 0.6 is 15.9 Å². The van der Waals surface area contributed by atoms with Gasteiger partial charge in [-0.2, -0.15) is 13.2 Å². The average molecular weight is 537 g/mol. The van der Waals surface area contributed by atoms with Gasteiger partial charge in [-0.05, 0) is 70.5 Å². The Bertz CT molecular complexity index is 1180. The molecule has 0 bridgehead atoms. The number of alkyl halides is 3. The number of carbonyl (C=O) groups is 2. The van der Waals surface area contributed by atoms with Crippen molar-refractivity contribution in [3.8, 4) is 5.75 Å². The predicted octanol–water partition coefficient (Wildman–Crippen LogP) is 6.00. The maximum Gasteiger partial charge on any atom is 0.416 e. The summed E-state index contributed by atoms with van der Waals surface area (Å²) in [4.78, 5) is 25.2. The molecule has 10 heteroatoms. The second-order valence-corrected chi connectivity index (χ2v) is 7.91. The molecule has 0 aliphatic heterocycles. The Kier molecular flexibility index (Phi) is 8.30. The van der Waals surface area contributed by atoms with E-state index in [0.717, 1.165) is 12.1 Å². The van der Waals surface area contributed by atoms with Crippen molar-refractivity contribution in [3.05, 3.63) is 87.9 Å². The Balaban J connectivity index is 1.68. The maximum atomic E-state index is 12.9. The van der Waals surface area contributed by atoms with Crippen LogP contribution in [0.3, 0.4) is 0 Å². The Morgan fingerprint density at radius 3 is 2.09 bits per heavy atom. The number of rotatable bonds is 8. The van der Waals surface area contributed by atoms with Crippen LogP contribution in [0.2, 0.25) is 0 Å². The van der Waals surface area contributed by atoms with E-state index in [1.165, 1.54) is 24.3 Å². The molecule has 0 aromatic heterocycles. The first kappa shape index (κ1) is 25.3. The summed E-state index contributed by atoms with van der Waals surface area (Å²) in [7, 11) is 1.57. The normalized spacial score (nSPS) is 11.1. The van der Waals surface area contributed by atoms with E-state index in [2.05, 4.69) is 26.6 Å². The molecule has 0 radical (unpaired) electrons. The molecule has 34 heavy (non-hydrogen) atoms. The Morgan fingerprint density at radius 2 is 1.47 bits per heavy atom. The molecule has 2 amide bonds. The number of anilines is 2. The van der Waals surface area contributed by atoms with E-state index < -0.39 is 23.6 Å². The minimum atomic E-state index is -4.52. The molecule has 0 saturated carbocycles. The fourth-order valence-electron chi connectivity index (χ4n) is 2.91. The number of halogens is 4. The maximum absolute atomic E-state index is 12.9. The number of benzene rings is 3. The van der Waals surface area contributed by atoms with Crippen molar-refractivity contribution >= 4 is 39.1 Å². The second-order valence-electron chi connectivity index (χ2n) is 7.05. The summed E-state index contributed by atoms with van der Waals surface area (Å²) in [5.41, 5.74) is 0.000757. The van der Waals surface area contributed by atoms with Gasteiger partial charge in [-0.1, -0.05) is 12.1 Å². The van der Waals surface area contributed by atoms with E-state index in [0.29, 0.717) is 34.7 Å². The van der Waals surface area contributed by atoms with Crippen molar-refractivity contribution in [2.45, 2.75) is 6.18 Å². The summed E-state index contributed by atoms with van der Waals surface area (Å²) in [6, 6.07) is 15.2. The van der Waals surface area contributed by atoms with Gasteiger partial charge in [0, 0.05) is 29.6 Å². The number of nitrogens with one attached hydrogen (secondary N) is 2. The zero-order valence-electron chi connectivity index (χ0n) is 17.9. The number of carbonyl (C=O) groups excluding carboxylic acids is 2. The van der Waals surface area contributed by atoms with E-state index in [9.17, 15) is 22.8 Å². The molecule has 0 heterocycles. The lowest BCUT2D eigenvalue weighted by molar-refractivity contribution is -0.137. The molecule has 3 aromatic rings. The van der Waals surface area contributed by atoms with Crippen LogP contribution in [0.15, 0.2) is 71.2 Å². The minimum Gasteiger partial charge on any atom is -0.490 e. The van der Waals surface area contributed by atoms with Gasteiger partial charge < -0.3 is 20.1 Å². The van der Waals surface area contributed by atoms with Crippen LogP contribution in [0.1, 0.15) is 26.3 Å². The number of ether oxygens (including phenoxy) is 2. The smallest absolute Gasteiger partial charge is 0.416 e. The molecular weight excluding hydrogens is 517 g/mol. The Hall–Kier alpha value is -3.37. The van der Waals surface area contributed by atoms with Crippen molar-refractivity contribution in [2.24, 2.45) is 0 Å². The lowest BCUT2D eigenvalue weighted by atomic mass is 10.1. The number of methoxy groups -OCH3 is 1. The van der Waals surface area contributed by atoms with Crippen molar-refractivity contribution in [2.75, 3.05) is 31.0 Å². The molecule has 0 saturated heterocycles. The van der Waals surface area contributed by atoms with Gasteiger partial charge in [-0.15, -0.1) is 0 Å². The molecule has 0 unspecified atom stereocenters. The van der Waals surface area contributed by atoms with Gasteiger partial charge in [0.2, 0.25) is 0 Å². The highest BCUT2D eigenvalue weighted by molar-refractivity contribution is 9.10. The molecule has 0 spiro atoms. The van der Waals surface area contributed by atoms with Gasteiger partial charge in [0.1, 0.15) is 12.4 Å². The highest BCUT2D eigenvalue weighted by Gasteiger charge is 2.30. The van der Waals surface area contributed by atoms with Crippen LogP contribution < -0.4 is 15.4 Å². The minimum absolute atomic E-state index is 0.00641. The molecular formula is C24H20BrF3N2O4. The first-order valence-electron chi connectivity index (χ1n) is 9.98. The molecule has 178 valence electrons. The van der Waals surface area contributed by atoms with Gasteiger partial charge in [-0.3, -0.25) is 9.59 Å². The number of hydrogen-bond donors (Lipinski definition) is 2. The van der Waals surface area contributed by atoms with Crippen molar-refractivity contribution in [3.63, 3.8) is 0 Å². The summed E-state index contributed by atoms with van der Waals surface area (Å²) in [5.74, 6) is -0.475. The molecule has 0 aliphatic carbocycles. The van der Waals surface area contributed by atoms with Crippen LogP contribution in [0.25, 0.3) is 0 Å². The van der Waals surface area contributed by atoms with Gasteiger partial charge in [0.05, 0.1) is 16.6 Å².